The summed E-state index contributed by atoms with van der Waals surface area (Å²) in [5, 5.41) is 7.56. The Morgan fingerprint density at radius 2 is 1.64 bits per heavy atom. The van der Waals surface area contributed by atoms with Crippen molar-refractivity contribution in [2.24, 2.45) is 0 Å². The van der Waals surface area contributed by atoms with Crippen LogP contribution in [0, 0.1) is 12.7 Å². The van der Waals surface area contributed by atoms with Crippen molar-refractivity contribution >= 4 is 35.0 Å². The minimum Gasteiger partial charge on any atom is -0.480 e. The lowest BCUT2D eigenvalue weighted by molar-refractivity contribution is 0.0189. The van der Waals surface area contributed by atoms with E-state index >= 15 is 0 Å². The Balaban J connectivity index is 1.43. The van der Waals surface area contributed by atoms with Crippen LogP contribution < -0.4 is 10.1 Å². The van der Waals surface area contributed by atoms with Gasteiger partial charge in [-0.25, -0.2) is 28.9 Å². The minimum atomic E-state index is -0.765. The van der Waals surface area contributed by atoms with Crippen LogP contribution in [0.3, 0.4) is 0 Å². The first-order chi connectivity index (χ1) is 21.1. The maximum atomic E-state index is 15.0. The standard InChI is InChI=1S/C31H39FN8O5/c1-18-9-10-20(27(34-18)43-8)22-15-23(37-40(22)29(42)45-31(5,6)7)35-24-16-33-25-21(32)17-39(26(25)36-24)19-11-13-38(14-12-19)28(41)44-30(2,3)4/h9-10,15-17,19H,11-14H2,1-8H3,(H,35,36,37). The molecule has 0 aliphatic carbocycles. The van der Waals surface area contributed by atoms with Gasteiger partial charge in [0.25, 0.3) is 0 Å². The number of fused-ring (bicyclic) bond motifs is 1. The zero-order chi connectivity index (χ0) is 32.7. The average molecular weight is 623 g/mol. The van der Waals surface area contributed by atoms with Crippen molar-refractivity contribution < 1.29 is 28.2 Å². The fourth-order valence-electron chi connectivity index (χ4n) is 5.06. The van der Waals surface area contributed by atoms with Gasteiger partial charge in [-0.1, -0.05) is 0 Å². The predicted molar refractivity (Wildman–Crippen MR) is 165 cm³/mol. The Hall–Kier alpha value is -4.75. The van der Waals surface area contributed by atoms with E-state index in [4.69, 9.17) is 14.2 Å². The molecule has 240 valence electrons. The lowest BCUT2D eigenvalue weighted by Gasteiger charge is -2.34. The third-order valence-electron chi connectivity index (χ3n) is 6.99. The molecule has 1 aliphatic heterocycles. The van der Waals surface area contributed by atoms with E-state index in [0.717, 1.165) is 10.4 Å². The van der Waals surface area contributed by atoms with E-state index in [1.54, 1.807) is 48.4 Å². The highest BCUT2D eigenvalue weighted by atomic mass is 19.1. The molecule has 1 N–H and O–H groups in total. The van der Waals surface area contributed by atoms with E-state index in [1.165, 1.54) is 19.5 Å². The van der Waals surface area contributed by atoms with E-state index in [2.05, 4.69) is 25.4 Å². The smallest absolute Gasteiger partial charge is 0.435 e. The van der Waals surface area contributed by atoms with Gasteiger partial charge in [-0.15, -0.1) is 5.10 Å². The number of carbonyl (C=O) groups excluding carboxylic acids is 2. The largest absolute Gasteiger partial charge is 0.480 e. The molecule has 45 heavy (non-hydrogen) atoms. The first kappa shape index (κ1) is 31.7. The van der Waals surface area contributed by atoms with Gasteiger partial charge in [-0.05, 0) is 73.4 Å². The average Bonchev–Trinajstić information content (AvgIpc) is 3.52. The van der Waals surface area contributed by atoms with E-state index in [1.807, 2.05) is 27.7 Å². The maximum absolute atomic E-state index is 15.0. The number of anilines is 2. The van der Waals surface area contributed by atoms with Crippen LogP contribution in [0.2, 0.25) is 0 Å². The van der Waals surface area contributed by atoms with Crippen molar-refractivity contribution in [1.82, 2.24) is 34.2 Å². The molecule has 5 heterocycles. The summed E-state index contributed by atoms with van der Waals surface area (Å²) in [6, 6.07) is 5.15. The molecule has 14 heteroatoms. The number of halogens is 1. The van der Waals surface area contributed by atoms with E-state index in [0.29, 0.717) is 54.5 Å². The molecule has 1 aliphatic rings. The number of rotatable bonds is 5. The van der Waals surface area contributed by atoms with Gasteiger partial charge in [0, 0.05) is 37.1 Å². The molecule has 0 atom stereocenters. The summed E-state index contributed by atoms with van der Waals surface area (Å²) >= 11 is 0. The molecule has 0 spiro atoms. The number of likely N-dealkylation sites (tertiary alicyclic amines) is 1. The summed E-state index contributed by atoms with van der Waals surface area (Å²) in [6.07, 6.45) is 2.94. The maximum Gasteiger partial charge on any atom is 0.435 e. The van der Waals surface area contributed by atoms with Crippen LogP contribution in [-0.2, 0) is 9.47 Å². The Morgan fingerprint density at radius 3 is 2.29 bits per heavy atom. The number of methoxy groups -OCH3 is 1. The number of pyridine rings is 1. The lowest BCUT2D eigenvalue weighted by Crippen LogP contribution is -2.42. The van der Waals surface area contributed by atoms with Crippen LogP contribution >= 0.6 is 0 Å². The third-order valence-corrected chi connectivity index (χ3v) is 6.99. The summed E-state index contributed by atoms with van der Waals surface area (Å²) in [4.78, 5) is 40.8. The fraction of sp³-hybridized carbons (Fsp3) is 0.484. The summed E-state index contributed by atoms with van der Waals surface area (Å²) in [7, 11) is 1.50. The number of piperidine rings is 1. The van der Waals surface area contributed by atoms with Crippen molar-refractivity contribution in [3.63, 3.8) is 0 Å². The van der Waals surface area contributed by atoms with E-state index < -0.39 is 23.1 Å². The van der Waals surface area contributed by atoms with Crippen LogP contribution in [0.1, 0.15) is 66.1 Å². The zero-order valence-corrected chi connectivity index (χ0v) is 26.8. The highest BCUT2D eigenvalue weighted by molar-refractivity contribution is 5.82. The van der Waals surface area contributed by atoms with Crippen LogP contribution in [0.5, 0.6) is 5.88 Å². The molecule has 0 radical (unpaired) electrons. The number of aromatic nitrogens is 6. The second-order valence-corrected chi connectivity index (χ2v) is 13.0. The second-order valence-electron chi connectivity index (χ2n) is 13.0. The highest BCUT2D eigenvalue weighted by Gasteiger charge is 2.30. The summed E-state index contributed by atoms with van der Waals surface area (Å²) in [5.74, 6) is 0.395. The van der Waals surface area contributed by atoms with Gasteiger partial charge in [-0.2, -0.15) is 4.68 Å². The van der Waals surface area contributed by atoms with Gasteiger partial charge in [0.15, 0.2) is 23.1 Å². The first-order valence-electron chi connectivity index (χ1n) is 14.8. The van der Waals surface area contributed by atoms with Crippen molar-refractivity contribution in [3.05, 3.63) is 42.1 Å². The topological polar surface area (TPSA) is 139 Å². The number of nitrogens with one attached hydrogen (secondary N) is 1. The number of carbonyl (C=O) groups is 2. The number of ether oxygens (including phenoxy) is 3. The van der Waals surface area contributed by atoms with Gasteiger partial charge in [0.05, 0.1) is 24.6 Å². The van der Waals surface area contributed by atoms with E-state index in [9.17, 15) is 14.0 Å². The van der Waals surface area contributed by atoms with Crippen molar-refractivity contribution in [1.29, 1.82) is 0 Å². The molecule has 5 rings (SSSR count). The monoisotopic (exact) mass is 622 g/mol. The summed E-state index contributed by atoms with van der Waals surface area (Å²) in [5.41, 5.74) is 0.792. The summed E-state index contributed by atoms with van der Waals surface area (Å²) < 4.78 is 34.5. The van der Waals surface area contributed by atoms with Crippen LogP contribution in [0.4, 0.5) is 25.6 Å². The van der Waals surface area contributed by atoms with Crippen LogP contribution in [0.25, 0.3) is 22.4 Å². The Bertz CT molecular complexity index is 1730. The Morgan fingerprint density at radius 1 is 0.978 bits per heavy atom. The minimum absolute atomic E-state index is 0.0975. The number of aryl methyl sites for hydroxylation is 1. The highest BCUT2D eigenvalue weighted by Crippen LogP contribution is 2.33. The molecule has 4 aromatic rings. The molecule has 0 saturated carbocycles. The molecule has 0 bridgehead atoms. The number of nitrogens with zero attached hydrogens (tertiary/aromatic N) is 7. The van der Waals surface area contributed by atoms with Crippen molar-refractivity contribution in [2.45, 2.75) is 78.6 Å². The van der Waals surface area contributed by atoms with Crippen LogP contribution in [0.15, 0.2) is 30.6 Å². The van der Waals surface area contributed by atoms with Gasteiger partial charge in [-0.3, -0.25) is 0 Å². The second kappa shape index (κ2) is 12.0. The number of amides is 1. The Labute approximate surface area is 260 Å². The Kier molecular flexibility index (Phi) is 8.43. The van der Waals surface area contributed by atoms with Crippen molar-refractivity contribution in [3.8, 4) is 17.1 Å². The molecule has 0 aromatic carbocycles. The molecular formula is C31H39FN8O5. The number of hydrogen-bond donors (Lipinski definition) is 1. The predicted octanol–water partition coefficient (Wildman–Crippen LogP) is 6.24. The molecule has 13 nitrogen and oxygen atoms in total. The molecular weight excluding hydrogens is 583 g/mol. The molecule has 4 aromatic heterocycles. The normalized spacial score (nSPS) is 14.5. The SMILES string of the molecule is COc1nc(C)ccc1-c1cc(Nc2cnc3c(F)cn(C4CCN(C(=O)OC(C)(C)C)CC4)c3n2)nn1C(=O)OC(C)(C)C. The molecule has 1 amide bonds. The fourth-order valence-corrected chi connectivity index (χ4v) is 5.06. The first-order valence-corrected chi connectivity index (χ1v) is 14.8. The van der Waals surface area contributed by atoms with Gasteiger partial charge >= 0.3 is 12.2 Å². The van der Waals surface area contributed by atoms with Gasteiger partial charge in [0.1, 0.15) is 16.7 Å². The van der Waals surface area contributed by atoms with Gasteiger partial charge in [0.2, 0.25) is 5.88 Å². The van der Waals surface area contributed by atoms with Gasteiger partial charge < -0.3 is 29.0 Å². The van der Waals surface area contributed by atoms with Crippen molar-refractivity contribution in [2.75, 3.05) is 25.5 Å². The van der Waals surface area contributed by atoms with Crippen LogP contribution in [-0.4, -0.2) is 77.8 Å². The molecule has 1 fully saturated rings. The zero-order valence-electron chi connectivity index (χ0n) is 26.8. The quantitative estimate of drug-likeness (QED) is 0.272. The molecule has 1 saturated heterocycles. The molecule has 0 unspecified atom stereocenters. The van der Waals surface area contributed by atoms with E-state index in [-0.39, 0.29) is 23.5 Å². The number of hydrogen-bond acceptors (Lipinski definition) is 10. The third kappa shape index (κ3) is 7.15. The summed E-state index contributed by atoms with van der Waals surface area (Å²) in [6.45, 7) is 13.6. The lowest BCUT2D eigenvalue weighted by atomic mass is 10.1.